The average Bonchev–Trinajstić information content (AvgIpc) is 1.91. The Labute approximate surface area is 51.4 Å². The lowest BCUT2D eigenvalue weighted by molar-refractivity contribution is 0.537. The summed E-state index contributed by atoms with van der Waals surface area (Å²) >= 11 is 3.37. The highest BCUT2D eigenvalue weighted by Crippen LogP contribution is 2.07. The molecular weight excluding hydrogens is 156 g/mol. The third kappa shape index (κ3) is 0.938. The van der Waals surface area contributed by atoms with E-state index in [1.165, 1.54) is 0 Å². The monoisotopic (exact) mass is 161 g/mol. The van der Waals surface area contributed by atoms with E-state index in [1.807, 2.05) is 11.9 Å². The molecule has 2 nitrogen and oxygen atoms in total. The van der Waals surface area contributed by atoms with Crippen LogP contribution in [0.5, 0.6) is 0 Å². The molecule has 1 radical (unpaired) electrons. The van der Waals surface area contributed by atoms with Crippen LogP contribution in [0.4, 0.5) is 0 Å². The molecule has 0 aromatic heterocycles. The topological polar surface area (TPSA) is 15.6 Å². The number of nitrogens with zero attached hydrogens (tertiary/aromatic N) is 2. The Balaban J connectivity index is 2.45. The Kier molecular flexibility index (Phi) is 1.32. The van der Waals surface area contributed by atoms with Gasteiger partial charge in [-0.3, -0.25) is 4.99 Å². The van der Waals surface area contributed by atoms with Crippen molar-refractivity contribution in [2.45, 2.75) is 4.95 Å². The minimum Gasteiger partial charge on any atom is -0.342 e. The van der Waals surface area contributed by atoms with Gasteiger partial charge in [0.25, 0.3) is 0 Å². The van der Waals surface area contributed by atoms with Crippen LogP contribution in [0.1, 0.15) is 0 Å². The van der Waals surface area contributed by atoms with E-state index in [1.54, 1.807) is 0 Å². The van der Waals surface area contributed by atoms with Crippen molar-refractivity contribution in [3.8, 4) is 0 Å². The molecule has 0 saturated heterocycles. The van der Waals surface area contributed by atoms with Gasteiger partial charge in [-0.2, -0.15) is 0 Å². The molecular formula is C4H6BrN2. The van der Waals surface area contributed by atoms with Gasteiger partial charge in [-0.25, -0.2) is 0 Å². The lowest BCUT2D eigenvalue weighted by atomic mass is 10.6. The summed E-state index contributed by atoms with van der Waals surface area (Å²) in [6.07, 6.45) is 2.78. The number of hydrogen-bond acceptors (Lipinski definition) is 2. The fourth-order valence-electron chi connectivity index (χ4n) is 0.413. The predicted octanol–water partition coefficient (Wildman–Crippen LogP) is 0.558. The Morgan fingerprint density at radius 3 is 2.86 bits per heavy atom. The van der Waals surface area contributed by atoms with Crippen molar-refractivity contribution in [1.82, 2.24) is 4.90 Å². The first-order valence-corrected chi connectivity index (χ1v) is 3.01. The van der Waals surface area contributed by atoms with E-state index in [0.717, 1.165) is 6.54 Å². The zero-order valence-electron chi connectivity index (χ0n) is 4.06. The molecule has 0 N–H and O–H groups in total. The molecule has 3 heteroatoms. The van der Waals surface area contributed by atoms with Gasteiger partial charge in [0.05, 0.1) is 6.54 Å². The summed E-state index contributed by atoms with van der Waals surface area (Å²) in [6.45, 7) is 0.830. The SMILES string of the molecule is CN1[C]=NCC1Br. The molecule has 0 spiro atoms. The van der Waals surface area contributed by atoms with Crippen molar-refractivity contribution < 1.29 is 0 Å². The first-order valence-electron chi connectivity index (χ1n) is 2.10. The van der Waals surface area contributed by atoms with Crippen molar-refractivity contribution >= 4 is 22.3 Å². The predicted molar refractivity (Wildman–Crippen MR) is 32.8 cm³/mol. The number of halogens is 1. The van der Waals surface area contributed by atoms with E-state index in [0.29, 0.717) is 4.95 Å². The molecule has 7 heavy (non-hydrogen) atoms. The minimum absolute atomic E-state index is 0.382. The molecule has 1 aliphatic heterocycles. The van der Waals surface area contributed by atoms with Crippen LogP contribution < -0.4 is 0 Å². The largest absolute Gasteiger partial charge is 0.342 e. The summed E-state index contributed by atoms with van der Waals surface area (Å²) in [4.78, 5) is 6.16. The summed E-state index contributed by atoms with van der Waals surface area (Å²) in [5.74, 6) is 0. The average molecular weight is 162 g/mol. The van der Waals surface area contributed by atoms with Crippen LogP contribution in [0.3, 0.4) is 0 Å². The van der Waals surface area contributed by atoms with Crippen LogP contribution in [0.15, 0.2) is 4.99 Å². The molecule has 1 unspecified atom stereocenters. The van der Waals surface area contributed by atoms with Crippen LogP contribution in [-0.2, 0) is 0 Å². The lowest BCUT2D eigenvalue weighted by Crippen LogP contribution is -2.20. The maximum atomic E-state index is 3.87. The Bertz CT molecular complexity index is 91.7. The number of hydrogen-bond donors (Lipinski definition) is 0. The van der Waals surface area contributed by atoms with Crippen LogP contribution >= 0.6 is 15.9 Å². The molecule has 0 amide bonds. The molecule has 0 aromatic carbocycles. The molecule has 0 aromatic rings. The van der Waals surface area contributed by atoms with Crippen molar-refractivity contribution in [3.63, 3.8) is 0 Å². The zero-order valence-corrected chi connectivity index (χ0v) is 5.64. The molecule has 1 rings (SSSR count). The quantitative estimate of drug-likeness (QED) is 0.375. The van der Waals surface area contributed by atoms with Crippen LogP contribution in [-0.4, -0.2) is 29.8 Å². The normalized spacial score (nSPS) is 29.4. The third-order valence-electron chi connectivity index (χ3n) is 0.891. The number of alkyl halides is 1. The first kappa shape index (κ1) is 5.09. The van der Waals surface area contributed by atoms with E-state index in [-0.39, 0.29) is 0 Å². The van der Waals surface area contributed by atoms with Crippen molar-refractivity contribution in [1.29, 1.82) is 0 Å². The van der Waals surface area contributed by atoms with Gasteiger partial charge < -0.3 is 4.90 Å². The number of likely N-dealkylation sites (N-methyl/N-ethyl adjacent to an activating group) is 1. The molecule has 0 aliphatic carbocycles. The van der Waals surface area contributed by atoms with E-state index in [4.69, 9.17) is 0 Å². The van der Waals surface area contributed by atoms with Gasteiger partial charge in [0.15, 0.2) is 6.34 Å². The molecule has 39 valence electrons. The van der Waals surface area contributed by atoms with Gasteiger partial charge in [0, 0.05) is 7.05 Å². The Morgan fingerprint density at radius 1 is 2.00 bits per heavy atom. The van der Waals surface area contributed by atoms with Gasteiger partial charge >= 0.3 is 0 Å². The van der Waals surface area contributed by atoms with E-state index in [2.05, 4.69) is 27.3 Å². The standard InChI is InChI=1S/C4H6BrN2/c1-7-3-6-2-4(7)5/h4H,2H2,1H3. The van der Waals surface area contributed by atoms with Gasteiger partial charge in [0.2, 0.25) is 0 Å². The lowest BCUT2D eigenvalue weighted by Gasteiger charge is -2.08. The first-order chi connectivity index (χ1) is 3.30. The molecule has 1 atom stereocenters. The van der Waals surface area contributed by atoms with Gasteiger partial charge in [-0.1, -0.05) is 15.9 Å². The maximum Gasteiger partial charge on any atom is 0.167 e. The molecule has 0 bridgehead atoms. The molecule has 0 saturated carbocycles. The highest BCUT2D eigenvalue weighted by Gasteiger charge is 2.11. The van der Waals surface area contributed by atoms with Gasteiger partial charge in [-0.15, -0.1) is 0 Å². The second kappa shape index (κ2) is 1.82. The zero-order chi connectivity index (χ0) is 5.28. The fraction of sp³-hybridized carbons (Fsp3) is 0.750. The van der Waals surface area contributed by atoms with Crippen LogP contribution in [0.2, 0.25) is 0 Å². The van der Waals surface area contributed by atoms with E-state index >= 15 is 0 Å². The van der Waals surface area contributed by atoms with Crippen molar-refractivity contribution in [3.05, 3.63) is 0 Å². The van der Waals surface area contributed by atoms with Crippen LogP contribution in [0.25, 0.3) is 0 Å². The summed E-state index contributed by atoms with van der Waals surface area (Å²) in [7, 11) is 1.94. The minimum atomic E-state index is 0.382. The summed E-state index contributed by atoms with van der Waals surface area (Å²) in [5, 5.41) is 0. The second-order valence-corrected chi connectivity index (χ2v) is 2.54. The molecule has 1 heterocycles. The summed E-state index contributed by atoms with van der Waals surface area (Å²) < 4.78 is 0. The molecule has 0 fully saturated rings. The number of rotatable bonds is 0. The maximum absolute atomic E-state index is 3.87. The Morgan fingerprint density at radius 2 is 2.71 bits per heavy atom. The third-order valence-corrected chi connectivity index (χ3v) is 1.79. The highest BCUT2D eigenvalue weighted by atomic mass is 79.9. The summed E-state index contributed by atoms with van der Waals surface area (Å²) in [5.41, 5.74) is 0. The Hall–Kier alpha value is -0.0500. The smallest absolute Gasteiger partial charge is 0.167 e. The van der Waals surface area contributed by atoms with Gasteiger partial charge in [-0.05, 0) is 0 Å². The van der Waals surface area contributed by atoms with Crippen molar-refractivity contribution in [2.24, 2.45) is 4.99 Å². The van der Waals surface area contributed by atoms with Gasteiger partial charge in [0.1, 0.15) is 4.95 Å². The second-order valence-electron chi connectivity index (χ2n) is 1.49. The highest BCUT2D eigenvalue weighted by molar-refractivity contribution is 9.09. The van der Waals surface area contributed by atoms with E-state index in [9.17, 15) is 0 Å². The van der Waals surface area contributed by atoms with Crippen molar-refractivity contribution in [2.75, 3.05) is 13.6 Å². The van der Waals surface area contributed by atoms with E-state index < -0.39 is 0 Å². The summed E-state index contributed by atoms with van der Waals surface area (Å²) in [6, 6.07) is 0. The fourth-order valence-corrected chi connectivity index (χ4v) is 0.649. The van der Waals surface area contributed by atoms with Crippen LogP contribution in [0, 0.1) is 0 Å². The number of aliphatic imine (C=N–C) groups is 1. The molecule has 1 aliphatic rings.